The number of aromatic nitrogens is 1. The van der Waals surface area contributed by atoms with Crippen molar-refractivity contribution in [2.24, 2.45) is 0 Å². The second kappa shape index (κ2) is 6.77. The standard InChI is InChI=1S/C16H13N2O5S2/c1-3-23-15(20)13-9(2)17-14(19)12(24-16(17)25-13)8-10-4-6-11(7-5-10)18(21)22/h4-8H,3H2,1-2H3/q+1/b12-8+. The van der Waals surface area contributed by atoms with E-state index in [-0.39, 0.29) is 18.2 Å². The van der Waals surface area contributed by atoms with Gasteiger partial charge in [-0.05, 0) is 42.0 Å². The Kier molecular flexibility index (Phi) is 4.69. The van der Waals surface area contributed by atoms with Crippen molar-refractivity contribution in [3.05, 3.63) is 55.4 Å². The molecule has 25 heavy (non-hydrogen) atoms. The van der Waals surface area contributed by atoms with Crippen LogP contribution in [0.2, 0.25) is 0 Å². The van der Waals surface area contributed by atoms with Gasteiger partial charge in [0.05, 0.1) is 11.5 Å². The zero-order chi connectivity index (χ0) is 18.1. The Morgan fingerprint density at radius 1 is 1.36 bits per heavy atom. The number of carbonyl (C=O) groups is 2. The van der Waals surface area contributed by atoms with Crippen LogP contribution in [-0.4, -0.2) is 23.4 Å². The lowest BCUT2D eigenvalue weighted by Gasteiger charge is -1.97. The highest BCUT2D eigenvalue weighted by molar-refractivity contribution is 8.05. The Balaban J connectivity index is 1.88. The molecular formula is C16H13N2O5S2+. The Hall–Kier alpha value is -2.52. The average molecular weight is 377 g/mol. The molecule has 2 aromatic rings. The lowest BCUT2D eigenvalue weighted by atomic mass is 10.2. The van der Waals surface area contributed by atoms with Crippen molar-refractivity contribution in [2.75, 3.05) is 6.61 Å². The number of nitro benzene ring substituents is 1. The normalized spacial score (nSPS) is 14.6. The molecule has 1 aliphatic rings. The fourth-order valence-corrected chi connectivity index (χ4v) is 4.74. The summed E-state index contributed by atoms with van der Waals surface area (Å²) in [5.41, 5.74) is 1.25. The van der Waals surface area contributed by atoms with Gasteiger partial charge in [-0.1, -0.05) is 0 Å². The lowest BCUT2D eigenvalue weighted by molar-refractivity contribution is -0.606. The number of esters is 1. The van der Waals surface area contributed by atoms with Gasteiger partial charge < -0.3 is 4.74 Å². The summed E-state index contributed by atoms with van der Waals surface area (Å²) in [6, 6.07) is 5.97. The van der Waals surface area contributed by atoms with E-state index in [0.717, 1.165) is 0 Å². The largest absolute Gasteiger partial charge is 0.462 e. The van der Waals surface area contributed by atoms with Gasteiger partial charge in [0.15, 0.2) is 4.88 Å². The van der Waals surface area contributed by atoms with E-state index in [4.69, 9.17) is 4.74 Å². The SMILES string of the molecule is CCOC(=O)c1sc2[n+](c1C)C(=O)/C(=C\c1ccc([N+](=O)[O-])cc1)S2. The molecule has 9 heteroatoms. The maximum absolute atomic E-state index is 12.6. The molecule has 0 saturated carbocycles. The van der Waals surface area contributed by atoms with Crippen LogP contribution in [-0.2, 0) is 4.74 Å². The summed E-state index contributed by atoms with van der Waals surface area (Å²) in [6.45, 7) is 3.71. The van der Waals surface area contributed by atoms with E-state index in [2.05, 4.69) is 0 Å². The third-order valence-electron chi connectivity index (χ3n) is 3.51. The molecule has 0 atom stereocenters. The zero-order valence-electron chi connectivity index (χ0n) is 13.3. The van der Waals surface area contributed by atoms with Gasteiger partial charge in [0, 0.05) is 30.8 Å². The molecule has 0 spiro atoms. The van der Waals surface area contributed by atoms with Crippen LogP contribution in [0.25, 0.3) is 6.08 Å². The van der Waals surface area contributed by atoms with E-state index in [1.807, 2.05) is 0 Å². The van der Waals surface area contributed by atoms with E-state index in [1.165, 1.54) is 39.8 Å². The molecule has 1 aliphatic heterocycles. The van der Waals surface area contributed by atoms with Crippen molar-refractivity contribution < 1.29 is 23.8 Å². The number of nitrogens with zero attached hydrogens (tertiary/aromatic N) is 2. The van der Waals surface area contributed by atoms with Crippen LogP contribution in [0.1, 0.15) is 32.6 Å². The first kappa shape index (κ1) is 17.3. The molecule has 0 saturated heterocycles. The van der Waals surface area contributed by atoms with Gasteiger partial charge in [-0.2, -0.15) is 0 Å². The summed E-state index contributed by atoms with van der Waals surface area (Å²) in [6.07, 6.45) is 1.68. The van der Waals surface area contributed by atoms with Crippen LogP contribution >= 0.6 is 23.1 Å². The number of rotatable bonds is 4. The van der Waals surface area contributed by atoms with Crippen molar-refractivity contribution in [2.45, 2.75) is 18.2 Å². The Morgan fingerprint density at radius 3 is 2.60 bits per heavy atom. The summed E-state index contributed by atoms with van der Waals surface area (Å²) in [7, 11) is 0. The number of benzene rings is 1. The number of ether oxygens (including phenoxy) is 1. The molecule has 2 heterocycles. The second-order valence-corrected chi connectivity index (χ2v) is 7.39. The van der Waals surface area contributed by atoms with Crippen molar-refractivity contribution in [1.29, 1.82) is 0 Å². The molecule has 3 rings (SSSR count). The average Bonchev–Trinajstić information content (AvgIpc) is 3.06. The van der Waals surface area contributed by atoms with Crippen LogP contribution in [0.5, 0.6) is 0 Å². The highest BCUT2D eigenvalue weighted by Gasteiger charge is 2.42. The third-order valence-corrected chi connectivity index (χ3v) is 5.90. The first-order valence-corrected chi connectivity index (χ1v) is 8.97. The first-order chi connectivity index (χ1) is 11.9. The number of non-ortho nitro benzene ring substituents is 1. The fourth-order valence-electron chi connectivity index (χ4n) is 2.32. The maximum Gasteiger partial charge on any atom is 0.433 e. The molecule has 1 aromatic carbocycles. The fraction of sp³-hybridized carbons (Fsp3) is 0.188. The molecule has 0 fully saturated rings. The lowest BCUT2D eigenvalue weighted by Crippen LogP contribution is -2.41. The minimum atomic E-state index is -0.472. The first-order valence-electron chi connectivity index (χ1n) is 7.33. The molecule has 128 valence electrons. The zero-order valence-corrected chi connectivity index (χ0v) is 15.0. The van der Waals surface area contributed by atoms with E-state index < -0.39 is 10.9 Å². The molecule has 0 amide bonds. The Morgan fingerprint density at radius 2 is 2.04 bits per heavy atom. The Bertz CT molecular complexity index is 915. The minimum absolute atomic E-state index is 0.00374. The van der Waals surface area contributed by atoms with Gasteiger partial charge in [-0.25, -0.2) is 9.59 Å². The number of carbonyl (C=O) groups excluding carboxylic acids is 2. The monoisotopic (exact) mass is 377 g/mol. The number of thioether (sulfide) groups is 1. The van der Waals surface area contributed by atoms with E-state index in [1.54, 1.807) is 32.1 Å². The summed E-state index contributed by atoms with van der Waals surface area (Å²) >= 11 is 2.49. The van der Waals surface area contributed by atoms with Gasteiger partial charge in [0.1, 0.15) is 4.91 Å². The Labute approximate surface area is 151 Å². The van der Waals surface area contributed by atoms with Crippen molar-refractivity contribution >= 4 is 46.7 Å². The van der Waals surface area contributed by atoms with Gasteiger partial charge in [-0.3, -0.25) is 10.1 Å². The molecule has 0 N–H and O–H groups in total. The van der Waals surface area contributed by atoms with Crippen molar-refractivity contribution in [3.8, 4) is 0 Å². The number of hydrogen-bond acceptors (Lipinski definition) is 7. The highest BCUT2D eigenvalue weighted by atomic mass is 32.2. The molecule has 0 bridgehead atoms. The molecule has 7 nitrogen and oxygen atoms in total. The maximum atomic E-state index is 12.6. The van der Waals surface area contributed by atoms with Gasteiger partial charge in [0.25, 0.3) is 5.69 Å². The van der Waals surface area contributed by atoms with Crippen LogP contribution in [0.3, 0.4) is 0 Å². The van der Waals surface area contributed by atoms with Crippen molar-refractivity contribution in [3.63, 3.8) is 0 Å². The van der Waals surface area contributed by atoms with Gasteiger partial charge in [-0.15, -0.1) is 4.57 Å². The topological polar surface area (TPSA) is 90.4 Å². The highest BCUT2D eigenvalue weighted by Crippen LogP contribution is 2.38. The van der Waals surface area contributed by atoms with E-state index in [9.17, 15) is 19.7 Å². The quantitative estimate of drug-likeness (QED) is 0.267. The predicted octanol–water partition coefficient (Wildman–Crippen LogP) is 3.22. The number of hydrogen-bond donors (Lipinski definition) is 0. The van der Waals surface area contributed by atoms with Crippen LogP contribution < -0.4 is 4.57 Å². The summed E-state index contributed by atoms with van der Waals surface area (Å²) in [4.78, 5) is 35.7. The van der Waals surface area contributed by atoms with Crippen LogP contribution in [0, 0.1) is 17.0 Å². The summed E-state index contributed by atoms with van der Waals surface area (Å²) < 4.78 is 7.19. The molecule has 1 aromatic heterocycles. The summed E-state index contributed by atoms with van der Waals surface area (Å²) in [5.74, 6) is -0.649. The molecule has 0 radical (unpaired) electrons. The predicted molar refractivity (Wildman–Crippen MR) is 92.8 cm³/mol. The van der Waals surface area contributed by atoms with Gasteiger partial charge in [0.2, 0.25) is 5.69 Å². The smallest absolute Gasteiger partial charge is 0.433 e. The summed E-state index contributed by atoms with van der Waals surface area (Å²) in [5, 5.41) is 10.7. The van der Waals surface area contributed by atoms with Crippen molar-refractivity contribution in [1.82, 2.24) is 0 Å². The van der Waals surface area contributed by atoms with E-state index >= 15 is 0 Å². The number of thiazole rings is 1. The molecule has 0 unspecified atom stereocenters. The third kappa shape index (κ3) is 3.20. The molecular weight excluding hydrogens is 364 g/mol. The van der Waals surface area contributed by atoms with E-state index in [0.29, 0.717) is 25.4 Å². The van der Waals surface area contributed by atoms with Crippen LogP contribution in [0.15, 0.2) is 33.5 Å². The number of fused-ring (bicyclic) bond motifs is 1. The number of allylic oxidation sites excluding steroid dienone is 1. The van der Waals surface area contributed by atoms with Gasteiger partial charge >= 0.3 is 16.2 Å². The van der Waals surface area contributed by atoms with Crippen LogP contribution in [0.4, 0.5) is 5.69 Å². The number of nitro groups is 1. The minimum Gasteiger partial charge on any atom is -0.462 e. The molecule has 0 aliphatic carbocycles. The second-order valence-electron chi connectivity index (χ2n) is 5.10.